The van der Waals surface area contributed by atoms with Crippen LogP contribution in [0.1, 0.15) is 15.9 Å². The first-order valence-corrected chi connectivity index (χ1v) is 10.4. The molecule has 4 rings (SSSR count). The largest absolute Gasteiger partial charge is 0.465 e. The molecule has 8 heteroatoms. The van der Waals surface area contributed by atoms with E-state index in [1.807, 2.05) is 53.1 Å². The van der Waals surface area contributed by atoms with Gasteiger partial charge in [0.1, 0.15) is 0 Å². The van der Waals surface area contributed by atoms with Gasteiger partial charge in [-0.2, -0.15) is 0 Å². The van der Waals surface area contributed by atoms with Crippen LogP contribution in [0, 0.1) is 0 Å². The van der Waals surface area contributed by atoms with Crippen LogP contribution in [-0.2, 0) is 10.5 Å². The third-order valence-electron chi connectivity index (χ3n) is 4.40. The van der Waals surface area contributed by atoms with Gasteiger partial charge in [0.2, 0.25) is 0 Å². The maximum absolute atomic E-state index is 11.6. The van der Waals surface area contributed by atoms with Gasteiger partial charge in [0, 0.05) is 34.4 Å². The van der Waals surface area contributed by atoms with Gasteiger partial charge in [-0.15, -0.1) is 10.2 Å². The summed E-state index contributed by atoms with van der Waals surface area (Å²) in [7, 11) is 1.37. The van der Waals surface area contributed by atoms with Crippen LogP contribution in [0.15, 0.2) is 78.2 Å². The van der Waals surface area contributed by atoms with Crippen molar-refractivity contribution in [1.82, 2.24) is 19.7 Å². The maximum Gasteiger partial charge on any atom is 0.337 e. The highest BCUT2D eigenvalue weighted by Gasteiger charge is 2.16. The van der Waals surface area contributed by atoms with E-state index in [-0.39, 0.29) is 5.97 Å². The number of thioether (sulfide) groups is 1. The van der Waals surface area contributed by atoms with Crippen molar-refractivity contribution in [2.24, 2.45) is 0 Å². The first kappa shape index (κ1) is 20.1. The van der Waals surface area contributed by atoms with Crippen molar-refractivity contribution in [3.63, 3.8) is 0 Å². The molecule has 0 N–H and O–H groups in total. The number of benzene rings is 2. The molecule has 0 saturated carbocycles. The average molecular weight is 437 g/mol. The van der Waals surface area contributed by atoms with Crippen molar-refractivity contribution < 1.29 is 9.53 Å². The first-order valence-electron chi connectivity index (χ1n) is 9.07. The Kier molecular flexibility index (Phi) is 6.11. The fourth-order valence-corrected chi connectivity index (χ4v) is 3.91. The number of carbonyl (C=O) groups excluding carboxylic acids is 1. The second-order valence-corrected chi connectivity index (χ2v) is 7.71. The molecule has 6 nitrogen and oxygen atoms in total. The number of methoxy groups -OCH3 is 1. The SMILES string of the molecule is COC(=O)c1ccc(CSc2nnc(-c3ccncc3)n2-c2ccc(Cl)cc2)cc1. The molecule has 0 aliphatic heterocycles. The van der Waals surface area contributed by atoms with Crippen LogP contribution >= 0.6 is 23.4 Å². The fraction of sp³-hybridized carbons (Fsp3) is 0.0909. The monoisotopic (exact) mass is 436 g/mol. The van der Waals surface area contributed by atoms with Gasteiger partial charge in [0.05, 0.1) is 12.7 Å². The normalized spacial score (nSPS) is 10.7. The van der Waals surface area contributed by atoms with E-state index in [9.17, 15) is 4.79 Å². The van der Waals surface area contributed by atoms with E-state index in [4.69, 9.17) is 16.3 Å². The zero-order valence-electron chi connectivity index (χ0n) is 16.0. The van der Waals surface area contributed by atoms with E-state index < -0.39 is 0 Å². The van der Waals surface area contributed by atoms with Crippen molar-refractivity contribution in [3.8, 4) is 17.1 Å². The highest BCUT2D eigenvalue weighted by atomic mass is 35.5. The standard InChI is InChI=1S/C22H17ClN4O2S/c1-29-21(28)17-4-2-15(3-5-17)14-30-22-26-25-20(16-10-12-24-13-11-16)27(22)19-8-6-18(23)7-9-19/h2-13H,14H2,1H3. The smallest absolute Gasteiger partial charge is 0.337 e. The topological polar surface area (TPSA) is 69.9 Å². The summed E-state index contributed by atoms with van der Waals surface area (Å²) in [6.07, 6.45) is 3.46. The second kappa shape index (κ2) is 9.11. The average Bonchev–Trinajstić information content (AvgIpc) is 3.22. The maximum atomic E-state index is 11.6. The Bertz CT molecular complexity index is 1150. The van der Waals surface area contributed by atoms with Crippen molar-refractivity contribution in [2.75, 3.05) is 7.11 Å². The molecule has 0 spiro atoms. The van der Waals surface area contributed by atoms with Crippen molar-refractivity contribution >= 4 is 29.3 Å². The zero-order chi connectivity index (χ0) is 20.9. The molecule has 0 atom stereocenters. The Morgan fingerprint density at radius 3 is 2.37 bits per heavy atom. The van der Waals surface area contributed by atoms with Crippen LogP contribution < -0.4 is 0 Å². The van der Waals surface area contributed by atoms with Gasteiger partial charge in [-0.25, -0.2) is 4.79 Å². The molecule has 4 aromatic rings. The second-order valence-electron chi connectivity index (χ2n) is 6.33. The summed E-state index contributed by atoms with van der Waals surface area (Å²) in [5, 5.41) is 10.2. The number of pyridine rings is 1. The molecule has 0 aliphatic rings. The molecular formula is C22H17ClN4O2S. The summed E-state index contributed by atoms with van der Waals surface area (Å²) >= 11 is 7.63. The quantitative estimate of drug-likeness (QED) is 0.311. The Morgan fingerprint density at radius 2 is 1.70 bits per heavy atom. The molecule has 0 fully saturated rings. The van der Waals surface area contributed by atoms with Gasteiger partial charge < -0.3 is 4.74 Å². The summed E-state index contributed by atoms with van der Waals surface area (Å²) in [5.41, 5.74) is 3.42. The number of esters is 1. The molecule has 0 amide bonds. The number of rotatable bonds is 6. The minimum atomic E-state index is -0.348. The summed E-state index contributed by atoms with van der Waals surface area (Å²) in [5.74, 6) is 1.05. The van der Waals surface area contributed by atoms with Crippen LogP contribution in [0.25, 0.3) is 17.1 Å². The predicted octanol–water partition coefficient (Wildman–Crippen LogP) is 5.06. The Hall–Kier alpha value is -3.16. The summed E-state index contributed by atoms with van der Waals surface area (Å²) in [4.78, 5) is 15.7. The van der Waals surface area contributed by atoms with E-state index in [2.05, 4.69) is 15.2 Å². The van der Waals surface area contributed by atoms with Crippen LogP contribution in [0.2, 0.25) is 5.02 Å². The van der Waals surface area contributed by atoms with Crippen LogP contribution in [-0.4, -0.2) is 32.8 Å². The third-order valence-corrected chi connectivity index (χ3v) is 5.65. The molecule has 0 unspecified atom stereocenters. The Labute approximate surface area is 182 Å². The van der Waals surface area contributed by atoms with Crippen molar-refractivity contribution in [1.29, 1.82) is 0 Å². The third kappa shape index (κ3) is 4.37. The summed E-state index contributed by atoms with van der Waals surface area (Å²) in [6, 6.07) is 18.7. The Balaban J connectivity index is 1.64. The van der Waals surface area contributed by atoms with E-state index in [1.54, 1.807) is 36.3 Å². The van der Waals surface area contributed by atoms with Crippen molar-refractivity contribution in [3.05, 3.63) is 89.2 Å². The summed E-state index contributed by atoms with van der Waals surface area (Å²) < 4.78 is 6.74. The number of carbonyl (C=O) groups is 1. The lowest BCUT2D eigenvalue weighted by molar-refractivity contribution is 0.0600. The number of hydrogen-bond donors (Lipinski definition) is 0. The molecule has 2 heterocycles. The van der Waals surface area contributed by atoms with Gasteiger partial charge in [-0.3, -0.25) is 9.55 Å². The molecule has 0 bridgehead atoms. The Morgan fingerprint density at radius 1 is 1.00 bits per heavy atom. The number of ether oxygens (including phenoxy) is 1. The van der Waals surface area contributed by atoms with Gasteiger partial charge in [-0.05, 0) is 54.1 Å². The minimum Gasteiger partial charge on any atom is -0.465 e. The predicted molar refractivity (Wildman–Crippen MR) is 117 cm³/mol. The molecule has 0 saturated heterocycles. The summed E-state index contributed by atoms with van der Waals surface area (Å²) in [6.45, 7) is 0. The number of hydrogen-bond acceptors (Lipinski definition) is 6. The first-order chi connectivity index (χ1) is 14.7. The van der Waals surface area contributed by atoms with E-state index >= 15 is 0 Å². The minimum absolute atomic E-state index is 0.348. The number of aromatic nitrogens is 4. The number of halogens is 1. The lowest BCUT2D eigenvalue weighted by Gasteiger charge is -2.10. The lowest BCUT2D eigenvalue weighted by atomic mass is 10.1. The van der Waals surface area contributed by atoms with E-state index in [0.29, 0.717) is 16.3 Å². The molecule has 0 radical (unpaired) electrons. The number of nitrogens with zero attached hydrogens (tertiary/aromatic N) is 4. The van der Waals surface area contributed by atoms with Crippen molar-refractivity contribution in [2.45, 2.75) is 10.9 Å². The van der Waals surface area contributed by atoms with Gasteiger partial charge in [0.25, 0.3) is 0 Å². The zero-order valence-corrected chi connectivity index (χ0v) is 17.6. The van der Waals surface area contributed by atoms with Crippen LogP contribution in [0.5, 0.6) is 0 Å². The van der Waals surface area contributed by atoms with Crippen LogP contribution in [0.4, 0.5) is 0 Å². The molecule has 2 aromatic carbocycles. The van der Waals surface area contributed by atoms with E-state index in [0.717, 1.165) is 27.8 Å². The fourth-order valence-electron chi connectivity index (χ4n) is 2.88. The molecule has 2 aromatic heterocycles. The highest BCUT2D eigenvalue weighted by Crippen LogP contribution is 2.30. The molecule has 30 heavy (non-hydrogen) atoms. The molecular weight excluding hydrogens is 420 g/mol. The molecule has 0 aliphatic carbocycles. The van der Waals surface area contributed by atoms with Gasteiger partial charge in [-0.1, -0.05) is 35.5 Å². The van der Waals surface area contributed by atoms with Crippen LogP contribution in [0.3, 0.4) is 0 Å². The van der Waals surface area contributed by atoms with E-state index in [1.165, 1.54) is 7.11 Å². The highest BCUT2D eigenvalue weighted by molar-refractivity contribution is 7.98. The molecule has 150 valence electrons. The van der Waals surface area contributed by atoms with Gasteiger partial charge >= 0.3 is 5.97 Å². The lowest BCUT2D eigenvalue weighted by Crippen LogP contribution is -2.01. The van der Waals surface area contributed by atoms with Gasteiger partial charge in [0.15, 0.2) is 11.0 Å².